The molecule has 0 heterocycles. The monoisotopic (exact) mass is 470 g/mol. The van der Waals surface area contributed by atoms with E-state index in [2.05, 4.69) is 21.2 Å². The third kappa shape index (κ3) is 5.05. The number of nitrogens with zero attached hydrogens (tertiary/aromatic N) is 1. The molecule has 6 heteroatoms. The van der Waals surface area contributed by atoms with Crippen molar-refractivity contribution in [2.45, 2.75) is 32.7 Å². The summed E-state index contributed by atoms with van der Waals surface area (Å²) < 4.78 is 14.2. The Labute approximate surface area is 184 Å². The quantitative estimate of drug-likeness (QED) is 0.459. The van der Waals surface area contributed by atoms with Crippen molar-refractivity contribution in [3.8, 4) is 0 Å². The summed E-state index contributed by atoms with van der Waals surface area (Å²) in [6.45, 7) is 4.22. The predicted molar refractivity (Wildman–Crippen MR) is 122 cm³/mol. The first kappa shape index (κ1) is 22.0. The number of carbonyl (C=O) groups excluding carboxylic acids is 2. The lowest BCUT2D eigenvalue weighted by Gasteiger charge is -2.28. The molecule has 0 radical (unpaired) electrons. The van der Waals surface area contributed by atoms with Gasteiger partial charge in [-0.1, -0.05) is 47.1 Å². The maximum Gasteiger partial charge on any atom is 0.254 e. The van der Waals surface area contributed by atoms with Crippen LogP contribution in [0.2, 0.25) is 0 Å². The second kappa shape index (κ2) is 9.85. The number of fused-ring (bicyclic) bond motifs is 1. The van der Waals surface area contributed by atoms with E-state index in [1.54, 1.807) is 4.90 Å². The number of anilines is 1. The number of nitrogens with one attached hydrogen (secondary N) is 1. The van der Waals surface area contributed by atoms with Crippen molar-refractivity contribution in [2.75, 3.05) is 11.9 Å². The summed E-state index contributed by atoms with van der Waals surface area (Å²) >= 11 is 3.53. The van der Waals surface area contributed by atoms with Crippen molar-refractivity contribution in [3.05, 3.63) is 76.5 Å². The van der Waals surface area contributed by atoms with Gasteiger partial charge in [-0.2, -0.15) is 0 Å². The standard InChI is InChI=1S/C24H24BrFN2O2/c1-3-16(2)28(24(30)17-8-10-18(26)11-9-17)15-14-23(29)27-22-13-12-21(25)19-6-4-5-7-20(19)22/h4-13,16H,3,14-15H2,1-2H3,(H,27,29). The molecule has 0 spiro atoms. The summed E-state index contributed by atoms with van der Waals surface area (Å²) in [5.41, 5.74) is 1.15. The van der Waals surface area contributed by atoms with Crippen LogP contribution in [0.25, 0.3) is 10.8 Å². The highest BCUT2D eigenvalue weighted by molar-refractivity contribution is 9.10. The van der Waals surface area contributed by atoms with Crippen LogP contribution in [0, 0.1) is 5.82 Å². The molecule has 0 aliphatic rings. The highest BCUT2D eigenvalue weighted by Gasteiger charge is 2.21. The Morgan fingerprint density at radius 1 is 1.03 bits per heavy atom. The molecule has 0 saturated heterocycles. The Balaban J connectivity index is 1.71. The summed E-state index contributed by atoms with van der Waals surface area (Å²) in [6.07, 6.45) is 0.924. The molecule has 0 fully saturated rings. The Hall–Kier alpha value is -2.73. The fourth-order valence-electron chi connectivity index (χ4n) is 3.31. The van der Waals surface area contributed by atoms with E-state index in [0.717, 1.165) is 27.4 Å². The first-order valence-corrected chi connectivity index (χ1v) is 10.7. The lowest BCUT2D eigenvalue weighted by Crippen LogP contribution is -2.40. The lowest BCUT2D eigenvalue weighted by molar-refractivity contribution is -0.116. The molecule has 1 N–H and O–H groups in total. The van der Waals surface area contributed by atoms with E-state index >= 15 is 0 Å². The van der Waals surface area contributed by atoms with Gasteiger partial charge in [0, 0.05) is 40.1 Å². The van der Waals surface area contributed by atoms with E-state index in [9.17, 15) is 14.0 Å². The SMILES string of the molecule is CCC(C)N(CCC(=O)Nc1ccc(Br)c2ccccc12)C(=O)c1ccc(F)cc1. The van der Waals surface area contributed by atoms with Gasteiger partial charge in [0.1, 0.15) is 5.82 Å². The van der Waals surface area contributed by atoms with Gasteiger partial charge in [-0.3, -0.25) is 9.59 Å². The van der Waals surface area contributed by atoms with Crippen LogP contribution in [0.15, 0.2) is 65.1 Å². The lowest BCUT2D eigenvalue weighted by atomic mass is 10.1. The number of hydrogen-bond donors (Lipinski definition) is 1. The number of amides is 2. The van der Waals surface area contributed by atoms with Crippen molar-refractivity contribution in [2.24, 2.45) is 0 Å². The summed E-state index contributed by atoms with van der Waals surface area (Å²) in [4.78, 5) is 27.2. The maximum atomic E-state index is 13.2. The number of benzene rings is 3. The van der Waals surface area contributed by atoms with E-state index in [1.807, 2.05) is 50.2 Å². The van der Waals surface area contributed by atoms with Crippen LogP contribution in [0.5, 0.6) is 0 Å². The van der Waals surface area contributed by atoms with Crippen molar-refractivity contribution < 1.29 is 14.0 Å². The normalized spacial score (nSPS) is 11.9. The summed E-state index contributed by atoms with van der Waals surface area (Å²) in [5.74, 6) is -0.753. The zero-order valence-electron chi connectivity index (χ0n) is 17.0. The van der Waals surface area contributed by atoms with Crippen molar-refractivity contribution in [1.29, 1.82) is 0 Å². The van der Waals surface area contributed by atoms with Crippen LogP contribution < -0.4 is 5.32 Å². The molecule has 30 heavy (non-hydrogen) atoms. The molecule has 3 aromatic rings. The zero-order chi connectivity index (χ0) is 21.7. The van der Waals surface area contributed by atoms with Crippen LogP contribution in [0.1, 0.15) is 37.0 Å². The number of halogens is 2. The molecule has 1 unspecified atom stereocenters. The molecule has 0 bridgehead atoms. The van der Waals surface area contributed by atoms with Crippen molar-refractivity contribution in [1.82, 2.24) is 4.90 Å². The zero-order valence-corrected chi connectivity index (χ0v) is 18.6. The van der Waals surface area contributed by atoms with Crippen LogP contribution in [-0.4, -0.2) is 29.3 Å². The van der Waals surface area contributed by atoms with Crippen LogP contribution in [0.4, 0.5) is 10.1 Å². The Morgan fingerprint density at radius 2 is 1.70 bits per heavy atom. The topological polar surface area (TPSA) is 49.4 Å². The highest BCUT2D eigenvalue weighted by atomic mass is 79.9. The molecule has 2 amide bonds. The molecular weight excluding hydrogens is 447 g/mol. The average molecular weight is 471 g/mol. The van der Waals surface area contributed by atoms with Crippen LogP contribution >= 0.6 is 15.9 Å². The molecule has 3 rings (SSSR count). The summed E-state index contributed by atoms with van der Waals surface area (Å²) in [6, 6.07) is 17.0. The fourth-order valence-corrected chi connectivity index (χ4v) is 3.78. The van der Waals surface area contributed by atoms with Gasteiger partial charge in [-0.15, -0.1) is 0 Å². The van der Waals surface area contributed by atoms with Crippen LogP contribution in [-0.2, 0) is 4.79 Å². The minimum absolute atomic E-state index is 0.0381. The maximum absolute atomic E-state index is 13.2. The predicted octanol–water partition coefficient (Wildman–Crippen LogP) is 6.01. The van der Waals surface area contributed by atoms with E-state index in [-0.39, 0.29) is 36.6 Å². The van der Waals surface area contributed by atoms with Crippen molar-refractivity contribution >= 4 is 44.2 Å². The fraction of sp³-hybridized carbons (Fsp3) is 0.250. The van der Waals surface area contributed by atoms with E-state index in [4.69, 9.17) is 0 Å². The summed E-state index contributed by atoms with van der Waals surface area (Å²) in [7, 11) is 0. The minimum Gasteiger partial charge on any atom is -0.335 e. The van der Waals surface area contributed by atoms with Gasteiger partial charge in [-0.25, -0.2) is 4.39 Å². The molecule has 3 aromatic carbocycles. The Kier molecular flexibility index (Phi) is 7.21. The molecule has 0 aliphatic carbocycles. The third-order valence-corrected chi connectivity index (χ3v) is 5.89. The molecule has 156 valence electrons. The van der Waals surface area contributed by atoms with E-state index < -0.39 is 0 Å². The largest absolute Gasteiger partial charge is 0.335 e. The van der Waals surface area contributed by atoms with Gasteiger partial charge < -0.3 is 10.2 Å². The second-order valence-corrected chi connectivity index (χ2v) is 8.06. The van der Waals surface area contributed by atoms with Gasteiger partial charge in [0.15, 0.2) is 0 Å². The molecular formula is C24H24BrFN2O2. The van der Waals surface area contributed by atoms with Crippen molar-refractivity contribution in [3.63, 3.8) is 0 Å². The first-order valence-electron chi connectivity index (χ1n) is 9.94. The van der Waals surface area contributed by atoms with Gasteiger partial charge in [0.2, 0.25) is 5.91 Å². The minimum atomic E-state index is -0.386. The highest BCUT2D eigenvalue weighted by Crippen LogP contribution is 2.30. The average Bonchev–Trinajstić information content (AvgIpc) is 2.76. The molecule has 0 aliphatic heterocycles. The Morgan fingerprint density at radius 3 is 2.37 bits per heavy atom. The number of rotatable bonds is 7. The number of carbonyl (C=O) groups is 2. The number of hydrogen-bond acceptors (Lipinski definition) is 2. The van der Waals surface area contributed by atoms with Gasteiger partial charge in [0.05, 0.1) is 0 Å². The van der Waals surface area contributed by atoms with Gasteiger partial charge >= 0.3 is 0 Å². The molecule has 0 aromatic heterocycles. The van der Waals surface area contributed by atoms with Crippen LogP contribution in [0.3, 0.4) is 0 Å². The van der Waals surface area contributed by atoms with E-state index in [0.29, 0.717) is 5.56 Å². The van der Waals surface area contributed by atoms with E-state index in [1.165, 1.54) is 24.3 Å². The van der Waals surface area contributed by atoms with Gasteiger partial charge in [-0.05, 0) is 55.1 Å². The summed E-state index contributed by atoms with van der Waals surface area (Å²) in [5, 5.41) is 4.93. The molecule has 4 nitrogen and oxygen atoms in total. The molecule has 1 atom stereocenters. The smallest absolute Gasteiger partial charge is 0.254 e. The molecule has 0 saturated carbocycles. The first-order chi connectivity index (χ1) is 14.4. The van der Waals surface area contributed by atoms with Gasteiger partial charge in [0.25, 0.3) is 5.91 Å². The Bertz CT molecular complexity index is 1050. The second-order valence-electron chi connectivity index (χ2n) is 7.20. The third-order valence-electron chi connectivity index (χ3n) is 5.20.